The Morgan fingerprint density at radius 1 is 1.20 bits per heavy atom. The zero-order valence-corrected chi connectivity index (χ0v) is 12.2. The topological polar surface area (TPSA) is 45.0 Å². The molecule has 0 aliphatic carbocycles. The molecule has 0 amide bonds. The van der Waals surface area contributed by atoms with Crippen LogP contribution in [0.15, 0.2) is 52.0 Å². The molecule has 1 atom stereocenters. The number of hydrogen-bond acceptors (Lipinski definition) is 3. The highest BCUT2D eigenvalue weighted by atomic mass is 16.2. The van der Waals surface area contributed by atoms with Gasteiger partial charge in [0.1, 0.15) is 0 Å². The predicted molar refractivity (Wildman–Crippen MR) is 85.1 cm³/mol. The van der Waals surface area contributed by atoms with E-state index in [2.05, 4.69) is 19.9 Å². The van der Waals surface area contributed by atoms with Crippen LogP contribution in [0.25, 0.3) is 0 Å². The fourth-order valence-electron chi connectivity index (χ4n) is 2.37. The summed E-state index contributed by atoms with van der Waals surface area (Å²) in [4.78, 5) is 9.53. The second kappa shape index (κ2) is 7.15. The van der Waals surface area contributed by atoms with Gasteiger partial charge in [-0.25, -0.2) is 0 Å². The Morgan fingerprint density at radius 2 is 1.95 bits per heavy atom. The van der Waals surface area contributed by atoms with Crippen LogP contribution in [0.3, 0.4) is 0 Å². The molecule has 3 nitrogen and oxygen atoms in total. The zero-order chi connectivity index (χ0) is 14.4. The zero-order valence-electron chi connectivity index (χ0n) is 12.2. The van der Waals surface area contributed by atoms with Gasteiger partial charge in [-0.2, -0.15) is 0 Å². The van der Waals surface area contributed by atoms with Crippen molar-refractivity contribution >= 4 is 17.1 Å². The van der Waals surface area contributed by atoms with Crippen LogP contribution in [0.5, 0.6) is 0 Å². The average Bonchev–Trinajstić information content (AvgIpc) is 2.50. The first-order valence-corrected chi connectivity index (χ1v) is 7.30. The molecule has 20 heavy (non-hydrogen) atoms. The third-order valence-electron chi connectivity index (χ3n) is 3.44. The van der Waals surface area contributed by atoms with Crippen molar-refractivity contribution in [1.29, 1.82) is 0 Å². The maximum Gasteiger partial charge on any atom is 0.0923 e. The minimum atomic E-state index is 0.108. The number of aliphatic imine (C=N–C) groups is 2. The Labute approximate surface area is 120 Å². The third kappa shape index (κ3) is 3.42. The highest BCUT2D eigenvalue weighted by molar-refractivity contribution is 6.14. The number of aliphatic hydroxyl groups excluding tert-OH is 1. The lowest BCUT2D eigenvalue weighted by Gasteiger charge is -2.22. The lowest BCUT2D eigenvalue weighted by atomic mass is 9.94. The van der Waals surface area contributed by atoms with Crippen molar-refractivity contribution in [2.24, 2.45) is 9.98 Å². The Balaban J connectivity index is 2.40. The molecule has 1 heterocycles. The Bertz CT molecular complexity index is 529. The molecule has 1 aromatic carbocycles. The van der Waals surface area contributed by atoms with Gasteiger partial charge in [-0.05, 0) is 43.0 Å². The van der Waals surface area contributed by atoms with E-state index in [-0.39, 0.29) is 12.6 Å². The largest absolute Gasteiger partial charge is 0.396 e. The molecular formula is C17H22N2O. The summed E-state index contributed by atoms with van der Waals surface area (Å²) in [6.07, 6.45) is 4.58. The van der Waals surface area contributed by atoms with E-state index in [9.17, 15) is 5.11 Å². The summed E-state index contributed by atoms with van der Waals surface area (Å²) in [6, 6.07) is 10.1. The van der Waals surface area contributed by atoms with Crippen molar-refractivity contribution in [1.82, 2.24) is 0 Å². The summed E-state index contributed by atoms with van der Waals surface area (Å²) in [6.45, 7) is 4.38. The van der Waals surface area contributed by atoms with E-state index in [0.717, 1.165) is 35.5 Å². The van der Waals surface area contributed by atoms with Crippen molar-refractivity contribution in [2.75, 3.05) is 6.61 Å². The minimum absolute atomic E-state index is 0.108. The van der Waals surface area contributed by atoms with E-state index in [4.69, 9.17) is 9.98 Å². The molecule has 0 aromatic heterocycles. The van der Waals surface area contributed by atoms with E-state index in [1.54, 1.807) is 0 Å². The molecule has 1 aromatic rings. The molecular weight excluding hydrogens is 248 g/mol. The van der Waals surface area contributed by atoms with Crippen molar-refractivity contribution in [3.05, 3.63) is 42.0 Å². The van der Waals surface area contributed by atoms with E-state index in [1.807, 2.05) is 30.3 Å². The van der Waals surface area contributed by atoms with Crippen LogP contribution in [0, 0.1) is 0 Å². The van der Waals surface area contributed by atoms with Crippen molar-refractivity contribution in [3.63, 3.8) is 0 Å². The number of nitrogens with zero attached hydrogens (tertiary/aromatic N) is 2. The van der Waals surface area contributed by atoms with Gasteiger partial charge in [0.2, 0.25) is 0 Å². The lowest BCUT2D eigenvalue weighted by Crippen LogP contribution is -2.26. The molecule has 0 saturated carbocycles. The molecule has 2 rings (SSSR count). The van der Waals surface area contributed by atoms with E-state index in [0.29, 0.717) is 6.42 Å². The van der Waals surface area contributed by atoms with Crippen LogP contribution in [0.4, 0.5) is 5.69 Å². The Hall–Kier alpha value is -1.74. The molecule has 1 unspecified atom stereocenters. The Kier molecular flexibility index (Phi) is 5.24. The number of rotatable bonds is 5. The van der Waals surface area contributed by atoms with Gasteiger partial charge in [-0.1, -0.05) is 32.0 Å². The average molecular weight is 270 g/mol. The summed E-state index contributed by atoms with van der Waals surface area (Å²) < 4.78 is 0. The summed E-state index contributed by atoms with van der Waals surface area (Å²) in [7, 11) is 0. The van der Waals surface area contributed by atoms with Crippen molar-refractivity contribution in [2.45, 2.75) is 39.2 Å². The molecule has 1 N–H and O–H groups in total. The van der Waals surface area contributed by atoms with E-state index in [1.165, 1.54) is 0 Å². The van der Waals surface area contributed by atoms with Crippen molar-refractivity contribution in [3.8, 4) is 0 Å². The number of dihydropyridines is 1. The predicted octanol–water partition coefficient (Wildman–Crippen LogP) is 3.71. The second-order valence-corrected chi connectivity index (χ2v) is 4.87. The van der Waals surface area contributed by atoms with Gasteiger partial charge in [-0.15, -0.1) is 0 Å². The summed E-state index contributed by atoms with van der Waals surface area (Å²) >= 11 is 0. The first kappa shape index (κ1) is 14.7. The first-order chi connectivity index (χ1) is 9.78. The minimum Gasteiger partial charge on any atom is -0.396 e. The van der Waals surface area contributed by atoms with Crippen LogP contribution in [-0.4, -0.2) is 29.2 Å². The fourth-order valence-corrected chi connectivity index (χ4v) is 2.37. The second-order valence-electron chi connectivity index (χ2n) is 4.87. The number of hydrogen-bond donors (Lipinski definition) is 1. The highest BCUT2D eigenvalue weighted by Crippen LogP contribution is 2.23. The van der Waals surface area contributed by atoms with Crippen LogP contribution < -0.4 is 0 Å². The molecule has 3 heteroatoms. The molecule has 0 radical (unpaired) electrons. The quantitative estimate of drug-likeness (QED) is 0.871. The van der Waals surface area contributed by atoms with Gasteiger partial charge in [0.15, 0.2) is 0 Å². The van der Waals surface area contributed by atoms with E-state index >= 15 is 0 Å². The standard InChI is InChI=1S/C17H22N2O/c1-3-14-12-13(10-11-20)17(16(4-2)18-14)19-15-8-6-5-7-9-15/h5-9,12,16,20H,3-4,10-11H2,1-2H3. The summed E-state index contributed by atoms with van der Waals surface area (Å²) in [5, 5.41) is 9.28. The highest BCUT2D eigenvalue weighted by Gasteiger charge is 2.22. The molecule has 106 valence electrons. The molecule has 0 fully saturated rings. The maximum absolute atomic E-state index is 9.28. The molecule has 1 aliphatic heterocycles. The summed E-state index contributed by atoms with van der Waals surface area (Å²) in [5.41, 5.74) is 4.17. The maximum atomic E-state index is 9.28. The first-order valence-electron chi connectivity index (χ1n) is 7.30. The van der Waals surface area contributed by atoms with Gasteiger partial charge in [0, 0.05) is 12.3 Å². The van der Waals surface area contributed by atoms with Crippen LogP contribution >= 0.6 is 0 Å². The van der Waals surface area contributed by atoms with Crippen molar-refractivity contribution < 1.29 is 5.11 Å². The third-order valence-corrected chi connectivity index (χ3v) is 3.44. The van der Waals surface area contributed by atoms with Crippen LogP contribution in [0.2, 0.25) is 0 Å². The lowest BCUT2D eigenvalue weighted by molar-refractivity contribution is 0.301. The van der Waals surface area contributed by atoms with Gasteiger partial charge in [0.05, 0.1) is 17.4 Å². The number of allylic oxidation sites excluding steroid dienone is 1. The smallest absolute Gasteiger partial charge is 0.0923 e. The van der Waals surface area contributed by atoms with Gasteiger partial charge in [-0.3, -0.25) is 9.98 Å². The molecule has 0 spiro atoms. The van der Waals surface area contributed by atoms with E-state index < -0.39 is 0 Å². The number of para-hydroxylation sites is 1. The fraction of sp³-hybridized carbons (Fsp3) is 0.412. The normalized spacial score (nSPS) is 20.8. The van der Waals surface area contributed by atoms with Gasteiger partial charge < -0.3 is 5.11 Å². The Morgan fingerprint density at radius 3 is 2.55 bits per heavy atom. The summed E-state index contributed by atoms with van der Waals surface area (Å²) in [5.74, 6) is 0. The van der Waals surface area contributed by atoms with Crippen LogP contribution in [0.1, 0.15) is 33.1 Å². The number of benzene rings is 1. The SMILES string of the molecule is CCC1=NC(CC)C(=Nc2ccccc2)C(CCO)=C1. The monoisotopic (exact) mass is 270 g/mol. The van der Waals surface area contributed by atoms with Crippen LogP contribution in [-0.2, 0) is 0 Å². The molecule has 1 aliphatic rings. The van der Waals surface area contributed by atoms with Gasteiger partial charge >= 0.3 is 0 Å². The molecule has 0 saturated heterocycles. The number of aliphatic hydroxyl groups is 1. The molecule has 0 bridgehead atoms. The van der Waals surface area contributed by atoms with Gasteiger partial charge in [0.25, 0.3) is 0 Å².